The van der Waals surface area contributed by atoms with Gasteiger partial charge >= 0.3 is 12.1 Å². The molecule has 0 spiro atoms. The van der Waals surface area contributed by atoms with Crippen LogP contribution in [0.1, 0.15) is 48.5 Å². The molecule has 0 fully saturated rings. The summed E-state index contributed by atoms with van der Waals surface area (Å²) in [4.78, 5) is 28.9. The molecule has 0 aliphatic heterocycles. The number of carbonyl (C=O) groups is 2. The number of halogens is 4. The largest absolute Gasteiger partial charge is 0.476 e. The van der Waals surface area contributed by atoms with Crippen LogP contribution in [0.3, 0.4) is 0 Å². The van der Waals surface area contributed by atoms with Gasteiger partial charge in [-0.3, -0.25) is 14.2 Å². The Balaban J connectivity index is 0.00000235. The number of methoxy groups -OCH3 is 1. The van der Waals surface area contributed by atoms with Crippen molar-refractivity contribution in [3.8, 4) is 11.7 Å². The summed E-state index contributed by atoms with van der Waals surface area (Å²) in [7, 11) is 2.83. The Morgan fingerprint density at radius 2 is 1.84 bits per heavy atom. The summed E-state index contributed by atoms with van der Waals surface area (Å²) in [5.41, 5.74) is -1.98. The molecule has 0 aromatic carbocycles. The number of rotatable bonds is 8. The Kier molecular flexibility index (Phi) is 9.98. The Bertz CT molecular complexity index is 1250. The molecule has 202 valence electrons. The van der Waals surface area contributed by atoms with Gasteiger partial charge in [-0.25, -0.2) is 14.5 Å². The lowest BCUT2D eigenvalue weighted by Crippen LogP contribution is -2.37. The third-order valence-electron chi connectivity index (χ3n) is 4.65. The number of aromatic nitrogens is 5. The van der Waals surface area contributed by atoms with Gasteiger partial charge in [0.25, 0.3) is 5.91 Å². The quantitative estimate of drug-likeness (QED) is 0.235. The molecule has 0 aliphatic rings. The van der Waals surface area contributed by atoms with Crippen molar-refractivity contribution in [2.24, 2.45) is 12.5 Å². The average Bonchev–Trinajstić information content (AvgIpc) is 3.48. The van der Waals surface area contributed by atoms with Gasteiger partial charge in [0.2, 0.25) is 5.88 Å². The van der Waals surface area contributed by atoms with E-state index < -0.39 is 30.1 Å². The van der Waals surface area contributed by atoms with Crippen LogP contribution >= 0.6 is 23.5 Å². The average molecular weight is 563 g/mol. The molecule has 0 atom stereocenters. The number of pyridine rings is 1. The summed E-state index contributed by atoms with van der Waals surface area (Å²) < 4.78 is 54.0. The van der Waals surface area contributed by atoms with E-state index in [0.29, 0.717) is 4.90 Å². The van der Waals surface area contributed by atoms with Crippen molar-refractivity contribution in [1.82, 2.24) is 29.3 Å². The summed E-state index contributed by atoms with van der Waals surface area (Å²) in [6.45, 7) is 5.43. The molecule has 0 aliphatic carbocycles. The molecule has 0 saturated heterocycles. The number of carbonyl (C=O) groups excluding carboxylic acids is 2. The summed E-state index contributed by atoms with van der Waals surface area (Å²) in [6, 6.07) is 4.23. The number of amides is 1. The van der Waals surface area contributed by atoms with Crippen LogP contribution in [-0.2, 0) is 11.8 Å². The lowest BCUT2D eigenvalue weighted by molar-refractivity contribution is -0.219. The first-order valence-corrected chi connectivity index (χ1v) is 12.0. The summed E-state index contributed by atoms with van der Waals surface area (Å²) in [5, 5.41) is 7.89. The third-order valence-corrected chi connectivity index (χ3v) is 5.75. The van der Waals surface area contributed by atoms with E-state index in [0.717, 1.165) is 25.8 Å². The Morgan fingerprint density at radius 3 is 2.43 bits per heavy atom. The first kappa shape index (κ1) is 30.0. The standard InChI is InChI=1S/C20H20ClF3N6O4S.C2H6/c1-19(2,20(22,23)24)10-34-14-7-8-30(26-14)13-6-5-11(16(21)25-13)17(31)28-35-12-9-29(3)27-15(12)18(32)33-4;1-2/h5-9H,10H2,1-4H3,(H,28,31);1-2H3. The molecule has 0 bridgehead atoms. The van der Waals surface area contributed by atoms with Crippen molar-refractivity contribution in [3.05, 3.63) is 47.0 Å². The number of esters is 1. The van der Waals surface area contributed by atoms with E-state index in [1.807, 2.05) is 13.8 Å². The van der Waals surface area contributed by atoms with E-state index in [9.17, 15) is 22.8 Å². The van der Waals surface area contributed by atoms with E-state index >= 15 is 0 Å². The molecule has 3 rings (SSSR count). The molecule has 1 N–H and O–H groups in total. The maximum Gasteiger partial charge on any atom is 0.397 e. The van der Waals surface area contributed by atoms with Crippen LogP contribution in [0.5, 0.6) is 5.88 Å². The molecule has 37 heavy (non-hydrogen) atoms. The van der Waals surface area contributed by atoms with Crippen LogP contribution in [0, 0.1) is 5.41 Å². The first-order chi connectivity index (χ1) is 17.3. The second-order valence-corrected chi connectivity index (χ2v) is 9.02. The van der Waals surface area contributed by atoms with Gasteiger partial charge in [-0.15, -0.1) is 5.10 Å². The predicted octanol–water partition coefficient (Wildman–Crippen LogP) is 4.87. The normalized spacial score (nSPS) is 11.4. The van der Waals surface area contributed by atoms with Crippen molar-refractivity contribution >= 4 is 35.4 Å². The minimum Gasteiger partial charge on any atom is -0.476 e. The molecule has 10 nitrogen and oxygen atoms in total. The molecular weight excluding hydrogens is 537 g/mol. The highest BCUT2D eigenvalue weighted by Gasteiger charge is 2.48. The van der Waals surface area contributed by atoms with Gasteiger partial charge in [0.05, 0.1) is 23.0 Å². The van der Waals surface area contributed by atoms with Crippen LogP contribution in [0.2, 0.25) is 5.15 Å². The highest BCUT2D eigenvalue weighted by molar-refractivity contribution is 7.98. The molecule has 0 radical (unpaired) electrons. The van der Waals surface area contributed by atoms with Crippen molar-refractivity contribution in [3.63, 3.8) is 0 Å². The maximum atomic E-state index is 13.0. The Hall–Kier alpha value is -3.26. The van der Waals surface area contributed by atoms with Crippen LogP contribution in [0.25, 0.3) is 5.82 Å². The minimum atomic E-state index is -4.43. The van der Waals surface area contributed by atoms with Gasteiger partial charge in [0.1, 0.15) is 11.8 Å². The van der Waals surface area contributed by atoms with Gasteiger partial charge < -0.3 is 9.47 Å². The van der Waals surface area contributed by atoms with Crippen molar-refractivity contribution in [2.75, 3.05) is 13.7 Å². The van der Waals surface area contributed by atoms with Crippen LogP contribution in [0.4, 0.5) is 13.2 Å². The van der Waals surface area contributed by atoms with Gasteiger partial charge in [-0.2, -0.15) is 18.3 Å². The van der Waals surface area contributed by atoms with Gasteiger partial charge in [-0.05, 0) is 37.9 Å². The number of hydrogen-bond acceptors (Lipinski definition) is 8. The van der Waals surface area contributed by atoms with E-state index in [1.54, 1.807) is 7.05 Å². The van der Waals surface area contributed by atoms with E-state index in [-0.39, 0.29) is 28.1 Å². The monoisotopic (exact) mass is 562 g/mol. The van der Waals surface area contributed by atoms with E-state index in [1.165, 1.54) is 47.1 Å². The molecule has 3 aromatic heterocycles. The first-order valence-electron chi connectivity index (χ1n) is 10.8. The zero-order valence-corrected chi connectivity index (χ0v) is 22.5. The summed E-state index contributed by atoms with van der Waals surface area (Å²) >= 11 is 7.02. The van der Waals surface area contributed by atoms with Crippen LogP contribution in [-0.4, -0.2) is 56.3 Å². The number of nitrogens with zero attached hydrogens (tertiary/aromatic N) is 5. The zero-order valence-electron chi connectivity index (χ0n) is 20.9. The highest BCUT2D eigenvalue weighted by Crippen LogP contribution is 2.37. The van der Waals surface area contributed by atoms with Gasteiger partial charge in [0.15, 0.2) is 11.5 Å². The number of aryl methyl sites for hydroxylation is 1. The molecule has 0 saturated carbocycles. The smallest absolute Gasteiger partial charge is 0.397 e. The Labute approximate surface area is 220 Å². The lowest BCUT2D eigenvalue weighted by Gasteiger charge is -2.26. The van der Waals surface area contributed by atoms with Crippen molar-refractivity contribution in [1.29, 1.82) is 0 Å². The van der Waals surface area contributed by atoms with Gasteiger partial charge in [-0.1, -0.05) is 25.4 Å². The summed E-state index contributed by atoms with van der Waals surface area (Å²) in [5.74, 6) is -1.06. The van der Waals surface area contributed by atoms with Crippen LogP contribution in [0.15, 0.2) is 35.5 Å². The molecule has 0 unspecified atom stereocenters. The van der Waals surface area contributed by atoms with Crippen molar-refractivity contribution in [2.45, 2.75) is 38.8 Å². The zero-order chi connectivity index (χ0) is 28.0. The maximum absolute atomic E-state index is 13.0. The fraction of sp³-hybridized carbons (Fsp3) is 0.409. The van der Waals surface area contributed by atoms with Crippen molar-refractivity contribution < 1.29 is 32.2 Å². The highest BCUT2D eigenvalue weighted by atomic mass is 35.5. The Morgan fingerprint density at radius 1 is 1.16 bits per heavy atom. The molecular formula is C22H26ClF3N6O4S. The topological polar surface area (TPSA) is 113 Å². The molecule has 3 aromatic rings. The molecule has 3 heterocycles. The number of alkyl halides is 3. The van der Waals surface area contributed by atoms with E-state index in [2.05, 4.69) is 24.6 Å². The fourth-order valence-corrected chi connectivity index (χ4v) is 3.48. The fourth-order valence-electron chi connectivity index (χ4n) is 2.51. The number of hydrogen-bond donors (Lipinski definition) is 1. The van der Waals surface area contributed by atoms with E-state index in [4.69, 9.17) is 16.3 Å². The lowest BCUT2D eigenvalue weighted by atomic mass is 9.94. The summed E-state index contributed by atoms with van der Waals surface area (Å²) in [6.07, 6.45) is -1.47. The van der Waals surface area contributed by atoms with Crippen LogP contribution < -0.4 is 9.46 Å². The minimum absolute atomic E-state index is 0.0312. The SMILES string of the molecule is CC.COC(=O)c1nn(C)cc1SNC(=O)c1ccc(-n2ccc(OCC(C)(C)C(F)(F)F)n2)nc1Cl. The second-order valence-electron chi connectivity index (χ2n) is 7.82. The molecule has 1 amide bonds. The third kappa shape index (κ3) is 7.38. The number of nitrogens with one attached hydrogen (secondary N) is 1. The molecule has 15 heteroatoms. The predicted molar refractivity (Wildman–Crippen MR) is 131 cm³/mol. The van der Waals surface area contributed by atoms with Gasteiger partial charge in [0, 0.05) is 25.5 Å². The second kappa shape index (κ2) is 12.3. The number of ether oxygens (including phenoxy) is 2.